The maximum atomic E-state index is 14.1. The molecule has 0 bridgehead atoms. The van der Waals surface area contributed by atoms with Gasteiger partial charge in [0.05, 0.1) is 16.8 Å². The lowest BCUT2D eigenvalue weighted by Gasteiger charge is -2.25. The fourth-order valence-electron chi connectivity index (χ4n) is 4.03. The van der Waals surface area contributed by atoms with Crippen molar-refractivity contribution in [3.05, 3.63) is 57.6 Å². The van der Waals surface area contributed by atoms with Crippen molar-refractivity contribution < 1.29 is 9.18 Å². The van der Waals surface area contributed by atoms with Crippen LogP contribution in [-0.2, 0) is 0 Å². The van der Waals surface area contributed by atoms with Crippen molar-refractivity contribution in [2.45, 2.75) is 32.6 Å². The van der Waals surface area contributed by atoms with Crippen molar-refractivity contribution in [3.8, 4) is 11.3 Å². The van der Waals surface area contributed by atoms with Crippen LogP contribution in [0.4, 0.5) is 4.39 Å². The van der Waals surface area contributed by atoms with Crippen LogP contribution in [0.5, 0.6) is 0 Å². The van der Waals surface area contributed by atoms with Crippen LogP contribution < -0.4 is 5.32 Å². The molecule has 1 amide bonds. The lowest BCUT2D eigenvalue weighted by atomic mass is 9.87. The minimum atomic E-state index is -0.601. The maximum Gasteiger partial charge on any atom is 0.253 e. The third-order valence-electron chi connectivity index (χ3n) is 5.58. The molecule has 8 nitrogen and oxygen atoms in total. The zero-order chi connectivity index (χ0) is 21.3. The van der Waals surface area contributed by atoms with Crippen molar-refractivity contribution in [1.29, 1.82) is 0 Å². The number of nitrogens with one attached hydrogen (secondary N) is 2. The average molecular weight is 407 g/mol. The van der Waals surface area contributed by atoms with Crippen molar-refractivity contribution in [3.63, 3.8) is 0 Å². The Kier molecular flexibility index (Phi) is 5.37. The predicted octanol–water partition coefficient (Wildman–Crippen LogP) is 4.63. The largest absolute Gasteiger partial charge is 0.357 e. The minimum absolute atomic E-state index is 0.118. The van der Waals surface area contributed by atoms with Gasteiger partial charge in [-0.3, -0.25) is 4.79 Å². The average Bonchev–Trinajstić information content (AvgIpc) is 3.17. The summed E-state index contributed by atoms with van der Waals surface area (Å²) < 4.78 is 14.1. The number of aromatic nitrogens is 3. The van der Waals surface area contributed by atoms with Gasteiger partial charge in [0.2, 0.25) is 5.95 Å². The van der Waals surface area contributed by atoms with Crippen molar-refractivity contribution in [2.24, 2.45) is 11.0 Å². The van der Waals surface area contributed by atoms with Gasteiger partial charge in [-0.2, -0.15) is 4.39 Å². The molecule has 1 aromatic carbocycles. The van der Waals surface area contributed by atoms with Crippen LogP contribution in [-0.4, -0.2) is 33.9 Å². The molecule has 3 aromatic rings. The molecule has 3 heterocycles. The first-order valence-corrected chi connectivity index (χ1v) is 9.93. The number of aryl methyl sites for hydroxylation is 1. The SMILES string of the molecule is Cc1nc2cccc(-c3cc4c([nH]3)C(C[C@@H](C)CCN=[N+]=[N-])CNC4=O)c2nc1F. The number of amides is 1. The zero-order valence-electron chi connectivity index (χ0n) is 16.8. The first kappa shape index (κ1) is 19.8. The minimum Gasteiger partial charge on any atom is -0.357 e. The Morgan fingerprint density at radius 3 is 3.00 bits per heavy atom. The van der Waals surface area contributed by atoms with E-state index in [0.717, 1.165) is 18.5 Å². The number of hydrogen-bond acceptors (Lipinski definition) is 4. The molecule has 2 atom stereocenters. The normalized spacial score (nSPS) is 16.6. The number of halogens is 1. The molecular formula is C21H22FN7O. The molecule has 2 N–H and O–H groups in total. The molecule has 0 spiro atoms. The summed E-state index contributed by atoms with van der Waals surface area (Å²) >= 11 is 0. The van der Waals surface area contributed by atoms with E-state index in [2.05, 4.69) is 37.2 Å². The van der Waals surface area contributed by atoms with Gasteiger partial charge in [0.15, 0.2) is 0 Å². The first-order chi connectivity index (χ1) is 14.5. The number of rotatable bonds is 6. The molecule has 154 valence electrons. The van der Waals surface area contributed by atoms with E-state index in [0.29, 0.717) is 46.9 Å². The van der Waals surface area contributed by atoms with E-state index in [1.165, 1.54) is 0 Å². The second-order valence-electron chi connectivity index (χ2n) is 7.77. The van der Waals surface area contributed by atoms with E-state index in [4.69, 9.17) is 5.53 Å². The number of para-hydroxylation sites is 1. The molecule has 4 rings (SSSR count). The molecular weight excluding hydrogens is 385 g/mol. The Morgan fingerprint density at radius 2 is 2.20 bits per heavy atom. The van der Waals surface area contributed by atoms with Crippen LogP contribution in [0.25, 0.3) is 32.7 Å². The van der Waals surface area contributed by atoms with E-state index in [9.17, 15) is 9.18 Å². The Balaban J connectivity index is 1.70. The Labute approximate surface area is 172 Å². The molecule has 9 heteroatoms. The van der Waals surface area contributed by atoms with Gasteiger partial charge < -0.3 is 10.3 Å². The summed E-state index contributed by atoms with van der Waals surface area (Å²) in [6.45, 7) is 4.69. The third-order valence-corrected chi connectivity index (χ3v) is 5.58. The smallest absolute Gasteiger partial charge is 0.253 e. The van der Waals surface area contributed by atoms with E-state index < -0.39 is 5.95 Å². The quantitative estimate of drug-likeness (QED) is 0.352. The predicted molar refractivity (Wildman–Crippen MR) is 112 cm³/mol. The van der Waals surface area contributed by atoms with Gasteiger partial charge in [-0.05, 0) is 43.3 Å². The summed E-state index contributed by atoms with van der Waals surface area (Å²) in [6.07, 6.45) is 1.63. The zero-order valence-corrected chi connectivity index (χ0v) is 16.8. The number of carbonyl (C=O) groups is 1. The molecule has 1 aliphatic heterocycles. The second-order valence-corrected chi connectivity index (χ2v) is 7.77. The molecule has 0 saturated carbocycles. The van der Waals surface area contributed by atoms with Crippen LogP contribution >= 0.6 is 0 Å². The topological polar surface area (TPSA) is 119 Å². The first-order valence-electron chi connectivity index (χ1n) is 9.93. The van der Waals surface area contributed by atoms with E-state index >= 15 is 0 Å². The van der Waals surface area contributed by atoms with Gasteiger partial charge in [0.25, 0.3) is 5.91 Å². The number of H-pyrrole nitrogens is 1. The number of hydrogen-bond donors (Lipinski definition) is 2. The van der Waals surface area contributed by atoms with Crippen LogP contribution in [0.15, 0.2) is 29.4 Å². The summed E-state index contributed by atoms with van der Waals surface area (Å²) in [7, 11) is 0. The van der Waals surface area contributed by atoms with Crippen molar-refractivity contribution in [1.82, 2.24) is 20.3 Å². The fourth-order valence-corrected chi connectivity index (χ4v) is 4.03. The fraction of sp³-hybridized carbons (Fsp3) is 0.381. The van der Waals surface area contributed by atoms with E-state index in [-0.39, 0.29) is 17.5 Å². The third kappa shape index (κ3) is 3.71. The molecule has 0 saturated heterocycles. The molecule has 1 aliphatic rings. The standard InChI is InChI=1S/C21H22FN7O/c1-11(6-7-25-29-23)8-13-10-24-21(30)15-9-17(27-18(13)15)14-4-3-5-16-19(14)28-20(22)12(2)26-16/h3-5,9,11,13,27H,6-8,10H2,1-2H3,(H,24,30)/t11-,13?/m0/s1. The maximum absolute atomic E-state index is 14.1. The van der Waals surface area contributed by atoms with Gasteiger partial charge in [0, 0.05) is 40.9 Å². The van der Waals surface area contributed by atoms with Crippen LogP contribution in [0.1, 0.15) is 47.4 Å². The molecule has 30 heavy (non-hydrogen) atoms. The van der Waals surface area contributed by atoms with Gasteiger partial charge in [0.1, 0.15) is 5.52 Å². The number of benzene rings is 1. The lowest BCUT2D eigenvalue weighted by Crippen LogP contribution is -2.35. The van der Waals surface area contributed by atoms with Crippen LogP contribution in [0.3, 0.4) is 0 Å². The highest BCUT2D eigenvalue weighted by Crippen LogP contribution is 2.35. The van der Waals surface area contributed by atoms with E-state index in [1.54, 1.807) is 19.1 Å². The molecule has 0 aliphatic carbocycles. The summed E-state index contributed by atoms with van der Waals surface area (Å²) in [5, 5.41) is 6.56. The molecule has 0 fully saturated rings. The number of nitrogens with zero attached hydrogens (tertiary/aromatic N) is 5. The van der Waals surface area contributed by atoms with Gasteiger partial charge in [-0.25, -0.2) is 9.97 Å². The number of azide groups is 1. The Hall–Kier alpha value is -3.45. The summed E-state index contributed by atoms with van der Waals surface area (Å²) in [5.74, 6) is -0.280. The number of carbonyl (C=O) groups excluding carboxylic acids is 1. The van der Waals surface area contributed by atoms with Crippen LogP contribution in [0, 0.1) is 18.8 Å². The lowest BCUT2D eigenvalue weighted by molar-refractivity contribution is 0.0937. The van der Waals surface area contributed by atoms with E-state index in [1.807, 2.05) is 12.1 Å². The summed E-state index contributed by atoms with van der Waals surface area (Å²) in [5.41, 5.74) is 12.7. The van der Waals surface area contributed by atoms with Crippen LogP contribution in [0.2, 0.25) is 0 Å². The molecule has 1 unspecified atom stereocenters. The Bertz CT molecular complexity index is 1170. The molecule has 2 aromatic heterocycles. The molecule has 0 radical (unpaired) electrons. The van der Waals surface area contributed by atoms with Crippen molar-refractivity contribution >= 4 is 16.9 Å². The van der Waals surface area contributed by atoms with Gasteiger partial charge in [-0.1, -0.05) is 24.2 Å². The van der Waals surface area contributed by atoms with Gasteiger partial charge in [-0.15, -0.1) is 0 Å². The Morgan fingerprint density at radius 1 is 1.37 bits per heavy atom. The number of fused-ring (bicyclic) bond motifs is 2. The summed E-state index contributed by atoms with van der Waals surface area (Å²) in [4.78, 5) is 27.0. The highest BCUT2D eigenvalue weighted by atomic mass is 19.1. The highest BCUT2D eigenvalue weighted by Gasteiger charge is 2.29. The number of aromatic amines is 1. The van der Waals surface area contributed by atoms with Gasteiger partial charge >= 0.3 is 0 Å². The summed E-state index contributed by atoms with van der Waals surface area (Å²) in [6, 6.07) is 7.29. The monoisotopic (exact) mass is 407 g/mol. The second kappa shape index (κ2) is 8.12. The highest BCUT2D eigenvalue weighted by molar-refractivity contribution is 5.99. The van der Waals surface area contributed by atoms with Crippen molar-refractivity contribution in [2.75, 3.05) is 13.1 Å².